The lowest BCUT2D eigenvalue weighted by molar-refractivity contribution is 0.134. The summed E-state index contributed by atoms with van der Waals surface area (Å²) >= 11 is 1.84. The van der Waals surface area contributed by atoms with Crippen LogP contribution in [0.15, 0.2) is 4.99 Å². The van der Waals surface area contributed by atoms with Crippen LogP contribution in [0.2, 0.25) is 0 Å². The van der Waals surface area contributed by atoms with E-state index in [0.29, 0.717) is 5.92 Å². The molecule has 1 aliphatic carbocycles. The molecule has 19 heavy (non-hydrogen) atoms. The van der Waals surface area contributed by atoms with E-state index in [-0.39, 0.29) is 34.8 Å². The molecule has 1 aliphatic rings. The average molecular weight is 401 g/mol. The molecule has 0 aromatic heterocycles. The van der Waals surface area contributed by atoms with Crippen LogP contribution >= 0.6 is 35.7 Å². The van der Waals surface area contributed by atoms with Crippen molar-refractivity contribution in [1.82, 2.24) is 10.6 Å². The second kappa shape index (κ2) is 9.28. The van der Waals surface area contributed by atoms with Gasteiger partial charge in [-0.15, -0.1) is 24.0 Å². The monoisotopic (exact) mass is 401 g/mol. The van der Waals surface area contributed by atoms with Crippen molar-refractivity contribution in [3.8, 4) is 0 Å². The molecule has 0 bridgehead atoms. The summed E-state index contributed by atoms with van der Waals surface area (Å²) in [7, 11) is 1.78. The van der Waals surface area contributed by atoms with Gasteiger partial charge in [-0.25, -0.2) is 0 Å². The van der Waals surface area contributed by atoms with Crippen molar-refractivity contribution in [1.29, 1.82) is 0 Å². The molecule has 0 saturated heterocycles. The minimum atomic E-state index is -0.141. The number of aliphatic hydroxyl groups excluding tert-OH is 1. The van der Waals surface area contributed by atoms with E-state index in [1.165, 1.54) is 0 Å². The van der Waals surface area contributed by atoms with Crippen LogP contribution in [-0.2, 0) is 0 Å². The number of hydrogen-bond acceptors (Lipinski definition) is 3. The Morgan fingerprint density at radius 1 is 1.37 bits per heavy atom. The van der Waals surface area contributed by atoms with Gasteiger partial charge in [0.1, 0.15) is 0 Å². The minimum Gasteiger partial charge on any atom is -0.393 e. The summed E-state index contributed by atoms with van der Waals surface area (Å²) in [5, 5.41) is 16.4. The molecular weight excluding hydrogens is 373 g/mol. The smallest absolute Gasteiger partial charge is 0.191 e. The molecule has 3 N–H and O–H groups in total. The number of halogens is 1. The van der Waals surface area contributed by atoms with E-state index in [4.69, 9.17) is 0 Å². The van der Waals surface area contributed by atoms with E-state index < -0.39 is 0 Å². The van der Waals surface area contributed by atoms with Gasteiger partial charge in [0.2, 0.25) is 0 Å². The summed E-state index contributed by atoms with van der Waals surface area (Å²) in [4.78, 5) is 4.21. The molecule has 0 amide bonds. The Kier molecular flexibility index (Phi) is 9.43. The Morgan fingerprint density at radius 2 is 2.05 bits per heavy atom. The third kappa shape index (κ3) is 7.04. The van der Waals surface area contributed by atoms with Crippen LogP contribution in [0, 0.1) is 5.92 Å². The standard InChI is InChI=1S/C13H27N3OS.HI/c1-13(2,18-4)9-16-12(14-3)15-8-10-6-5-7-11(10)17;/h10-11,17H,5-9H2,1-4H3,(H2,14,15,16);1H. The highest BCUT2D eigenvalue weighted by Crippen LogP contribution is 2.24. The fourth-order valence-corrected chi connectivity index (χ4v) is 2.29. The lowest BCUT2D eigenvalue weighted by Gasteiger charge is -2.24. The first kappa shape index (κ1) is 19.3. The highest BCUT2D eigenvalue weighted by atomic mass is 127. The first-order chi connectivity index (χ1) is 8.48. The van der Waals surface area contributed by atoms with Crippen LogP contribution in [0.3, 0.4) is 0 Å². The van der Waals surface area contributed by atoms with Crippen LogP contribution in [0.25, 0.3) is 0 Å². The molecule has 114 valence electrons. The molecule has 4 nitrogen and oxygen atoms in total. The van der Waals surface area contributed by atoms with Gasteiger partial charge in [0, 0.05) is 30.8 Å². The zero-order valence-electron chi connectivity index (χ0n) is 12.4. The molecule has 0 aromatic rings. The van der Waals surface area contributed by atoms with Crippen molar-refractivity contribution in [2.24, 2.45) is 10.9 Å². The normalized spacial score (nSPS) is 23.9. The van der Waals surface area contributed by atoms with E-state index in [2.05, 4.69) is 35.7 Å². The van der Waals surface area contributed by atoms with Gasteiger partial charge in [0.15, 0.2) is 5.96 Å². The van der Waals surface area contributed by atoms with Crippen molar-refractivity contribution in [3.63, 3.8) is 0 Å². The molecule has 2 unspecified atom stereocenters. The highest BCUT2D eigenvalue weighted by Gasteiger charge is 2.25. The van der Waals surface area contributed by atoms with Crippen LogP contribution in [0.5, 0.6) is 0 Å². The van der Waals surface area contributed by atoms with Gasteiger partial charge >= 0.3 is 0 Å². The number of nitrogens with zero attached hydrogens (tertiary/aromatic N) is 1. The molecule has 0 spiro atoms. The summed E-state index contributed by atoms with van der Waals surface area (Å²) in [5.41, 5.74) is 0. The van der Waals surface area contributed by atoms with E-state index in [1.54, 1.807) is 7.05 Å². The first-order valence-electron chi connectivity index (χ1n) is 6.66. The quantitative estimate of drug-likeness (QED) is 0.375. The molecule has 1 saturated carbocycles. The van der Waals surface area contributed by atoms with E-state index >= 15 is 0 Å². The average Bonchev–Trinajstić information content (AvgIpc) is 2.75. The molecule has 0 aliphatic heterocycles. The molecular formula is C13H28IN3OS. The minimum absolute atomic E-state index is 0. The van der Waals surface area contributed by atoms with Crippen molar-refractivity contribution in [3.05, 3.63) is 0 Å². The van der Waals surface area contributed by atoms with Gasteiger partial charge < -0.3 is 15.7 Å². The lowest BCUT2D eigenvalue weighted by Crippen LogP contribution is -2.45. The summed E-state index contributed by atoms with van der Waals surface area (Å²) in [5.74, 6) is 1.20. The molecule has 2 atom stereocenters. The fourth-order valence-electron chi connectivity index (χ4n) is 2.07. The number of guanidine groups is 1. The molecule has 1 fully saturated rings. The van der Waals surface area contributed by atoms with Crippen LogP contribution < -0.4 is 10.6 Å². The Bertz CT molecular complexity index is 287. The topological polar surface area (TPSA) is 56.7 Å². The Hall–Kier alpha value is 0.310. The predicted molar refractivity (Wildman–Crippen MR) is 95.7 cm³/mol. The van der Waals surface area contributed by atoms with Gasteiger partial charge in [-0.05, 0) is 32.9 Å². The van der Waals surface area contributed by atoms with E-state index in [1.807, 2.05) is 11.8 Å². The zero-order chi connectivity index (χ0) is 13.6. The number of thioether (sulfide) groups is 1. The summed E-state index contributed by atoms with van der Waals surface area (Å²) in [6.07, 6.45) is 5.17. The Labute approximate surface area is 138 Å². The molecule has 0 aromatic carbocycles. The highest BCUT2D eigenvalue weighted by molar-refractivity contribution is 14.0. The maximum Gasteiger partial charge on any atom is 0.191 e. The van der Waals surface area contributed by atoms with Crippen LogP contribution in [0.4, 0.5) is 0 Å². The molecule has 6 heteroatoms. The Balaban J connectivity index is 0.00000324. The summed E-state index contributed by atoms with van der Waals surface area (Å²) in [6.45, 7) is 6.10. The first-order valence-corrected chi connectivity index (χ1v) is 7.88. The SMILES string of the molecule is CN=C(NCC1CCCC1O)NCC(C)(C)SC.I. The number of nitrogens with one attached hydrogen (secondary N) is 2. The molecule has 0 heterocycles. The number of aliphatic imine (C=N–C) groups is 1. The number of aliphatic hydroxyl groups is 1. The van der Waals surface area contributed by atoms with Crippen molar-refractivity contribution in [2.45, 2.75) is 44.0 Å². The summed E-state index contributed by atoms with van der Waals surface area (Å²) < 4.78 is 0.199. The van der Waals surface area contributed by atoms with Crippen molar-refractivity contribution >= 4 is 41.7 Å². The van der Waals surface area contributed by atoms with Crippen LogP contribution in [0.1, 0.15) is 33.1 Å². The number of rotatable bonds is 5. The molecule has 1 rings (SSSR count). The van der Waals surface area contributed by atoms with Crippen molar-refractivity contribution in [2.75, 3.05) is 26.4 Å². The maximum atomic E-state index is 9.77. The van der Waals surface area contributed by atoms with Gasteiger partial charge in [-0.1, -0.05) is 6.42 Å². The van der Waals surface area contributed by atoms with Crippen molar-refractivity contribution < 1.29 is 5.11 Å². The van der Waals surface area contributed by atoms with Gasteiger partial charge in [-0.2, -0.15) is 11.8 Å². The lowest BCUT2D eigenvalue weighted by atomic mass is 10.1. The van der Waals surface area contributed by atoms with Gasteiger partial charge in [0.05, 0.1) is 6.10 Å². The fraction of sp³-hybridized carbons (Fsp3) is 0.923. The van der Waals surface area contributed by atoms with Gasteiger partial charge in [-0.3, -0.25) is 4.99 Å². The summed E-state index contributed by atoms with van der Waals surface area (Å²) in [6, 6.07) is 0. The Morgan fingerprint density at radius 3 is 2.53 bits per heavy atom. The molecule has 0 radical (unpaired) electrons. The van der Waals surface area contributed by atoms with Gasteiger partial charge in [0.25, 0.3) is 0 Å². The number of hydrogen-bond donors (Lipinski definition) is 3. The second-order valence-corrected chi connectivity index (χ2v) is 7.04. The second-order valence-electron chi connectivity index (χ2n) is 5.53. The predicted octanol–water partition coefficient (Wildman–Crippen LogP) is 2.07. The van der Waals surface area contributed by atoms with E-state index in [0.717, 1.165) is 38.3 Å². The maximum absolute atomic E-state index is 9.77. The third-order valence-electron chi connectivity index (χ3n) is 3.61. The zero-order valence-corrected chi connectivity index (χ0v) is 15.5. The van der Waals surface area contributed by atoms with Crippen LogP contribution in [-0.4, -0.2) is 48.3 Å². The largest absolute Gasteiger partial charge is 0.393 e. The third-order valence-corrected chi connectivity index (χ3v) is 4.86. The van der Waals surface area contributed by atoms with E-state index in [9.17, 15) is 5.11 Å².